The Labute approximate surface area is 132 Å². The molecule has 0 fully saturated rings. The SMILES string of the molecule is CCOC(CCC(C=O)c1ccc(OC)c(OC)c1)OCC. The largest absolute Gasteiger partial charge is 0.493 e. The fraction of sp³-hybridized carbons (Fsp3) is 0.588. The Kier molecular flexibility index (Phi) is 8.55. The third-order valence-corrected chi connectivity index (χ3v) is 3.42. The molecular weight excluding hydrogens is 284 g/mol. The summed E-state index contributed by atoms with van der Waals surface area (Å²) in [5.74, 6) is 1.05. The molecule has 0 aromatic heterocycles. The van der Waals surface area contributed by atoms with Crippen LogP contribution in [0.1, 0.15) is 38.2 Å². The third-order valence-electron chi connectivity index (χ3n) is 3.42. The maximum absolute atomic E-state index is 11.4. The van der Waals surface area contributed by atoms with Gasteiger partial charge in [-0.05, 0) is 44.4 Å². The van der Waals surface area contributed by atoms with Crippen LogP contribution in [0.4, 0.5) is 0 Å². The molecule has 0 spiro atoms. The van der Waals surface area contributed by atoms with E-state index in [1.54, 1.807) is 14.2 Å². The Bertz CT molecular complexity index is 441. The van der Waals surface area contributed by atoms with Crippen molar-refractivity contribution in [3.63, 3.8) is 0 Å². The number of hydrogen-bond acceptors (Lipinski definition) is 5. The maximum atomic E-state index is 11.4. The monoisotopic (exact) mass is 310 g/mol. The molecule has 0 aliphatic rings. The second kappa shape index (κ2) is 10.2. The van der Waals surface area contributed by atoms with Crippen molar-refractivity contribution in [2.24, 2.45) is 0 Å². The van der Waals surface area contributed by atoms with Crippen LogP contribution in [-0.2, 0) is 14.3 Å². The minimum Gasteiger partial charge on any atom is -0.493 e. The second-order valence-electron chi connectivity index (χ2n) is 4.77. The number of ether oxygens (including phenoxy) is 4. The molecule has 5 heteroatoms. The van der Waals surface area contributed by atoms with Crippen molar-refractivity contribution in [1.29, 1.82) is 0 Å². The Balaban J connectivity index is 2.76. The molecule has 0 saturated carbocycles. The number of carbonyl (C=O) groups excluding carboxylic acids is 1. The highest BCUT2D eigenvalue weighted by molar-refractivity contribution is 5.63. The molecule has 5 nitrogen and oxygen atoms in total. The Morgan fingerprint density at radius 3 is 2.14 bits per heavy atom. The second-order valence-corrected chi connectivity index (χ2v) is 4.77. The molecule has 0 N–H and O–H groups in total. The van der Waals surface area contributed by atoms with E-state index in [0.29, 0.717) is 37.6 Å². The molecule has 1 unspecified atom stereocenters. The van der Waals surface area contributed by atoms with Gasteiger partial charge in [0.15, 0.2) is 17.8 Å². The van der Waals surface area contributed by atoms with Crippen LogP contribution in [0.2, 0.25) is 0 Å². The topological polar surface area (TPSA) is 54.0 Å². The first-order chi connectivity index (χ1) is 10.7. The summed E-state index contributed by atoms with van der Waals surface area (Å²) < 4.78 is 21.5. The molecule has 22 heavy (non-hydrogen) atoms. The molecule has 0 aliphatic heterocycles. The van der Waals surface area contributed by atoms with Gasteiger partial charge in [0.05, 0.1) is 14.2 Å². The van der Waals surface area contributed by atoms with Gasteiger partial charge in [0.25, 0.3) is 0 Å². The van der Waals surface area contributed by atoms with E-state index in [-0.39, 0.29) is 12.2 Å². The number of carbonyl (C=O) groups is 1. The van der Waals surface area contributed by atoms with E-state index in [1.165, 1.54) is 0 Å². The average molecular weight is 310 g/mol. The van der Waals surface area contributed by atoms with Crippen molar-refractivity contribution in [2.45, 2.75) is 38.9 Å². The van der Waals surface area contributed by atoms with E-state index in [4.69, 9.17) is 18.9 Å². The molecule has 1 atom stereocenters. The van der Waals surface area contributed by atoms with Gasteiger partial charge in [-0.2, -0.15) is 0 Å². The predicted molar refractivity (Wildman–Crippen MR) is 84.6 cm³/mol. The number of aldehydes is 1. The smallest absolute Gasteiger partial charge is 0.161 e. The van der Waals surface area contributed by atoms with E-state index in [0.717, 1.165) is 11.8 Å². The zero-order chi connectivity index (χ0) is 16.4. The van der Waals surface area contributed by atoms with E-state index in [2.05, 4.69) is 0 Å². The highest BCUT2D eigenvalue weighted by Crippen LogP contribution is 2.31. The molecule has 1 rings (SSSR count). The first-order valence-electron chi connectivity index (χ1n) is 7.60. The van der Waals surface area contributed by atoms with Crippen molar-refractivity contribution in [3.8, 4) is 11.5 Å². The quantitative estimate of drug-likeness (QED) is 0.464. The van der Waals surface area contributed by atoms with Crippen molar-refractivity contribution in [3.05, 3.63) is 23.8 Å². The summed E-state index contributed by atoms with van der Waals surface area (Å²) in [5.41, 5.74) is 0.902. The van der Waals surface area contributed by atoms with Gasteiger partial charge < -0.3 is 23.7 Å². The lowest BCUT2D eigenvalue weighted by Gasteiger charge is -2.19. The number of hydrogen-bond donors (Lipinski definition) is 0. The number of benzene rings is 1. The standard InChI is InChI=1S/C17H26O5/c1-5-21-17(22-6-2)10-8-14(12-18)13-7-9-15(19-3)16(11-13)20-4/h7,9,11-12,14,17H,5-6,8,10H2,1-4H3. The van der Waals surface area contributed by atoms with Crippen LogP contribution in [0.3, 0.4) is 0 Å². The van der Waals surface area contributed by atoms with Crippen LogP contribution in [0.15, 0.2) is 18.2 Å². The molecule has 0 radical (unpaired) electrons. The highest BCUT2D eigenvalue weighted by Gasteiger charge is 2.17. The van der Waals surface area contributed by atoms with E-state index in [9.17, 15) is 4.79 Å². The van der Waals surface area contributed by atoms with Gasteiger partial charge in [-0.15, -0.1) is 0 Å². The van der Waals surface area contributed by atoms with Crippen LogP contribution >= 0.6 is 0 Å². The molecular formula is C17H26O5. The maximum Gasteiger partial charge on any atom is 0.161 e. The van der Waals surface area contributed by atoms with Crippen LogP contribution < -0.4 is 9.47 Å². The Morgan fingerprint density at radius 2 is 1.64 bits per heavy atom. The lowest BCUT2D eigenvalue weighted by Crippen LogP contribution is -2.18. The predicted octanol–water partition coefficient (Wildman–Crippen LogP) is 3.17. The van der Waals surface area contributed by atoms with Crippen LogP contribution in [0.25, 0.3) is 0 Å². The van der Waals surface area contributed by atoms with E-state index >= 15 is 0 Å². The molecule has 0 amide bonds. The third kappa shape index (κ3) is 5.31. The summed E-state index contributed by atoms with van der Waals surface area (Å²) in [6.07, 6.45) is 2.01. The molecule has 1 aromatic rings. The summed E-state index contributed by atoms with van der Waals surface area (Å²) in [5, 5.41) is 0. The van der Waals surface area contributed by atoms with Crippen molar-refractivity contribution >= 4 is 6.29 Å². The van der Waals surface area contributed by atoms with Gasteiger partial charge in [0.2, 0.25) is 0 Å². The molecule has 0 saturated heterocycles. The summed E-state index contributed by atoms with van der Waals surface area (Å²) in [6, 6.07) is 5.54. The van der Waals surface area contributed by atoms with Crippen LogP contribution in [0.5, 0.6) is 11.5 Å². The van der Waals surface area contributed by atoms with Crippen LogP contribution in [0, 0.1) is 0 Å². The first kappa shape index (κ1) is 18.5. The van der Waals surface area contributed by atoms with Crippen LogP contribution in [-0.4, -0.2) is 40.0 Å². The van der Waals surface area contributed by atoms with Gasteiger partial charge in [0.1, 0.15) is 6.29 Å². The summed E-state index contributed by atoms with van der Waals surface area (Å²) in [4.78, 5) is 11.4. The van der Waals surface area contributed by atoms with Gasteiger partial charge in [-0.3, -0.25) is 0 Å². The van der Waals surface area contributed by atoms with Gasteiger partial charge in [0, 0.05) is 19.1 Å². The zero-order valence-corrected chi connectivity index (χ0v) is 13.8. The fourth-order valence-corrected chi connectivity index (χ4v) is 2.30. The lowest BCUT2D eigenvalue weighted by atomic mass is 9.95. The molecule has 1 aromatic carbocycles. The first-order valence-corrected chi connectivity index (χ1v) is 7.60. The molecule has 0 aliphatic carbocycles. The lowest BCUT2D eigenvalue weighted by molar-refractivity contribution is -0.141. The number of rotatable bonds is 11. The summed E-state index contributed by atoms with van der Waals surface area (Å²) in [6.45, 7) is 5.04. The van der Waals surface area contributed by atoms with Crippen molar-refractivity contribution < 1.29 is 23.7 Å². The highest BCUT2D eigenvalue weighted by atomic mass is 16.7. The van der Waals surface area contributed by atoms with E-state index < -0.39 is 0 Å². The van der Waals surface area contributed by atoms with Gasteiger partial charge in [-0.1, -0.05) is 6.07 Å². The summed E-state index contributed by atoms with van der Waals surface area (Å²) in [7, 11) is 3.17. The normalized spacial score (nSPS) is 12.2. The zero-order valence-electron chi connectivity index (χ0n) is 13.8. The molecule has 124 valence electrons. The van der Waals surface area contributed by atoms with Gasteiger partial charge >= 0.3 is 0 Å². The Morgan fingerprint density at radius 1 is 1.00 bits per heavy atom. The summed E-state index contributed by atoms with van der Waals surface area (Å²) >= 11 is 0. The average Bonchev–Trinajstić information content (AvgIpc) is 2.55. The molecule has 0 bridgehead atoms. The minimum atomic E-state index is -0.266. The number of methoxy groups -OCH3 is 2. The minimum absolute atomic E-state index is 0.219. The van der Waals surface area contributed by atoms with E-state index in [1.807, 2.05) is 32.0 Å². The fourth-order valence-electron chi connectivity index (χ4n) is 2.30. The van der Waals surface area contributed by atoms with Crippen molar-refractivity contribution in [1.82, 2.24) is 0 Å². The van der Waals surface area contributed by atoms with Crippen molar-refractivity contribution in [2.75, 3.05) is 27.4 Å². The Hall–Kier alpha value is -1.59. The van der Waals surface area contributed by atoms with Gasteiger partial charge in [-0.25, -0.2) is 0 Å². The molecule has 0 heterocycles.